The molecule has 0 unspecified atom stereocenters. The molecule has 0 aliphatic carbocycles. The van der Waals surface area contributed by atoms with Crippen LogP contribution in [0.3, 0.4) is 0 Å². The van der Waals surface area contributed by atoms with E-state index in [0.29, 0.717) is 28.5 Å². The van der Waals surface area contributed by atoms with Gasteiger partial charge in [0, 0.05) is 24.4 Å². The van der Waals surface area contributed by atoms with Gasteiger partial charge in [0.15, 0.2) is 23.1 Å². The number of sulfonamides is 1. The van der Waals surface area contributed by atoms with E-state index in [9.17, 15) is 17.6 Å². The molecule has 14 heteroatoms. The first-order valence-corrected chi connectivity index (χ1v) is 13.4. The molecule has 2 N–H and O–H groups in total. The van der Waals surface area contributed by atoms with E-state index in [2.05, 4.69) is 25.3 Å². The number of methoxy groups -OCH3 is 4. The summed E-state index contributed by atoms with van der Waals surface area (Å²) in [5.74, 6) is -0.368. The minimum Gasteiger partial charge on any atom is -0.493 e. The quantitative estimate of drug-likeness (QED) is 0.311. The number of para-hydroxylation sites is 1. The van der Waals surface area contributed by atoms with Crippen molar-refractivity contribution in [1.82, 2.24) is 9.97 Å². The van der Waals surface area contributed by atoms with Crippen LogP contribution in [0, 0.1) is 12.7 Å². The Morgan fingerprint density at radius 1 is 1.05 bits per heavy atom. The van der Waals surface area contributed by atoms with Crippen LogP contribution in [0.1, 0.15) is 12.0 Å². The van der Waals surface area contributed by atoms with Crippen LogP contribution in [0.4, 0.5) is 33.2 Å². The molecular formula is C25H30FN5O7S. The van der Waals surface area contributed by atoms with E-state index < -0.39 is 21.8 Å². The number of carbonyl (C=O) groups excluding carboxylic acids is 1. The number of hydrogen-bond acceptors (Lipinski definition) is 11. The Labute approximate surface area is 226 Å². The van der Waals surface area contributed by atoms with Gasteiger partial charge in [0.2, 0.25) is 21.7 Å². The first-order valence-electron chi connectivity index (χ1n) is 11.5. The molecule has 0 bridgehead atoms. The number of halogens is 1. The summed E-state index contributed by atoms with van der Waals surface area (Å²) in [5.41, 5.74) is 1.53. The van der Waals surface area contributed by atoms with Crippen LogP contribution in [0.5, 0.6) is 17.2 Å². The predicted octanol–water partition coefficient (Wildman–Crippen LogP) is 3.77. The number of aromatic nitrogens is 2. The summed E-state index contributed by atoms with van der Waals surface area (Å²) >= 11 is 0. The molecule has 0 fully saturated rings. The third-order valence-corrected chi connectivity index (χ3v) is 6.72. The molecule has 0 aliphatic heterocycles. The highest BCUT2D eigenvalue weighted by Crippen LogP contribution is 2.40. The summed E-state index contributed by atoms with van der Waals surface area (Å²) in [6, 6.07) is 8.21. The molecule has 0 radical (unpaired) electrons. The minimum atomic E-state index is -3.82. The second-order valence-electron chi connectivity index (χ2n) is 8.19. The maximum Gasteiger partial charge on any atom is 0.307 e. The van der Waals surface area contributed by atoms with Gasteiger partial charge < -0.3 is 29.6 Å². The zero-order valence-electron chi connectivity index (χ0n) is 22.4. The molecule has 0 aliphatic rings. The van der Waals surface area contributed by atoms with Crippen molar-refractivity contribution in [2.24, 2.45) is 0 Å². The lowest BCUT2D eigenvalue weighted by atomic mass is 10.1. The van der Waals surface area contributed by atoms with Crippen molar-refractivity contribution >= 4 is 44.8 Å². The molecule has 0 atom stereocenters. The summed E-state index contributed by atoms with van der Waals surface area (Å²) in [5, 5.41) is 5.84. The highest BCUT2D eigenvalue weighted by molar-refractivity contribution is 7.92. The molecule has 1 aromatic heterocycles. The van der Waals surface area contributed by atoms with Crippen LogP contribution in [0.2, 0.25) is 0 Å². The maximum atomic E-state index is 14.8. The molecular weight excluding hydrogens is 533 g/mol. The summed E-state index contributed by atoms with van der Waals surface area (Å²) in [7, 11) is 1.82. The lowest BCUT2D eigenvalue weighted by Crippen LogP contribution is -2.33. The van der Waals surface area contributed by atoms with E-state index in [-0.39, 0.29) is 36.1 Å². The van der Waals surface area contributed by atoms with Gasteiger partial charge in [-0.25, -0.2) is 17.8 Å². The number of carbonyl (C=O) groups is 1. The smallest absolute Gasteiger partial charge is 0.307 e. The van der Waals surface area contributed by atoms with Gasteiger partial charge in [0.1, 0.15) is 0 Å². The Balaban J connectivity index is 1.99. The fourth-order valence-corrected chi connectivity index (χ4v) is 4.75. The van der Waals surface area contributed by atoms with Crippen LogP contribution in [-0.2, 0) is 19.6 Å². The normalized spacial score (nSPS) is 10.9. The zero-order chi connectivity index (χ0) is 28.7. The molecule has 2 aromatic carbocycles. The summed E-state index contributed by atoms with van der Waals surface area (Å²) in [4.78, 5) is 20.0. The van der Waals surface area contributed by atoms with Gasteiger partial charge in [-0.1, -0.05) is 12.1 Å². The Bertz CT molecular complexity index is 1430. The lowest BCUT2D eigenvalue weighted by molar-refractivity contribution is -0.140. The molecule has 39 heavy (non-hydrogen) atoms. The molecule has 1 heterocycles. The van der Waals surface area contributed by atoms with Crippen LogP contribution < -0.4 is 29.1 Å². The Kier molecular flexibility index (Phi) is 9.35. The summed E-state index contributed by atoms with van der Waals surface area (Å²) in [6.45, 7) is 1.52. The highest BCUT2D eigenvalue weighted by atomic mass is 32.2. The van der Waals surface area contributed by atoms with Crippen LogP contribution in [0.25, 0.3) is 0 Å². The molecule has 210 valence electrons. The van der Waals surface area contributed by atoms with Crippen molar-refractivity contribution in [3.05, 3.63) is 47.9 Å². The molecule has 0 amide bonds. The van der Waals surface area contributed by atoms with Crippen molar-refractivity contribution in [3.8, 4) is 17.2 Å². The van der Waals surface area contributed by atoms with Gasteiger partial charge in [0.25, 0.3) is 0 Å². The van der Waals surface area contributed by atoms with Crippen molar-refractivity contribution in [2.75, 3.05) is 56.2 Å². The fourth-order valence-electron chi connectivity index (χ4n) is 3.75. The average Bonchev–Trinajstić information content (AvgIpc) is 2.90. The van der Waals surface area contributed by atoms with E-state index in [1.165, 1.54) is 28.4 Å². The molecule has 0 spiro atoms. The minimum absolute atomic E-state index is 0.0352. The standard InChI is InChI=1S/C25H30FN5O7S/c1-15-8-7-9-18(22(15)31(39(6,33)34)11-10-21(32)37-4)29-24-17(26)14-27-25(30-24)28-16-12-19(35-2)23(38-5)20(13-16)36-3/h7-9,12-14H,10-11H2,1-6H3,(H2,27,28,29,30). The van der Waals surface area contributed by atoms with E-state index in [1.807, 2.05) is 0 Å². The number of anilines is 5. The number of nitrogens with one attached hydrogen (secondary N) is 2. The fraction of sp³-hybridized carbons (Fsp3) is 0.320. The number of hydrogen-bond donors (Lipinski definition) is 2. The van der Waals surface area contributed by atoms with Crippen LogP contribution in [-0.4, -0.2) is 65.6 Å². The number of aryl methyl sites for hydroxylation is 1. The molecule has 3 aromatic rings. The third kappa shape index (κ3) is 6.96. The van der Waals surface area contributed by atoms with E-state index in [1.54, 1.807) is 37.3 Å². The van der Waals surface area contributed by atoms with Gasteiger partial charge in [-0.3, -0.25) is 9.10 Å². The van der Waals surface area contributed by atoms with Gasteiger partial charge in [-0.15, -0.1) is 0 Å². The summed E-state index contributed by atoms with van der Waals surface area (Å²) < 4.78 is 61.9. The average molecular weight is 564 g/mol. The third-order valence-electron chi connectivity index (χ3n) is 5.55. The second kappa shape index (κ2) is 12.5. The molecule has 12 nitrogen and oxygen atoms in total. The Hall–Kier alpha value is -4.33. The first-order chi connectivity index (χ1) is 18.5. The Morgan fingerprint density at radius 3 is 2.28 bits per heavy atom. The van der Waals surface area contributed by atoms with Gasteiger partial charge in [-0.05, 0) is 18.6 Å². The number of ether oxygens (including phenoxy) is 4. The van der Waals surface area contributed by atoms with Gasteiger partial charge >= 0.3 is 5.97 Å². The zero-order valence-corrected chi connectivity index (χ0v) is 23.2. The molecule has 0 saturated carbocycles. The van der Waals surface area contributed by atoms with Crippen molar-refractivity contribution in [2.45, 2.75) is 13.3 Å². The van der Waals surface area contributed by atoms with E-state index in [4.69, 9.17) is 14.2 Å². The molecule has 0 saturated heterocycles. The number of esters is 1. The monoisotopic (exact) mass is 563 g/mol. The van der Waals surface area contributed by atoms with Crippen molar-refractivity contribution < 1.29 is 36.6 Å². The van der Waals surface area contributed by atoms with E-state index in [0.717, 1.165) is 16.8 Å². The number of benzene rings is 2. The Morgan fingerprint density at radius 2 is 1.72 bits per heavy atom. The maximum absolute atomic E-state index is 14.8. The van der Waals surface area contributed by atoms with Gasteiger partial charge in [0.05, 0.1) is 58.7 Å². The lowest BCUT2D eigenvalue weighted by Gasteiger charge is -2.26. The first kappa shape index (κ1) is 29.2. The van der Waals surface area contributed by atoms with E-state index >= 15 is 0 Å². The number of nitrogens with zero attached hydrogens (tertiary/aromatic N) is 3. The number of rotatable bonds is 12. The highest BCUT2D eigenvalue weighted by Gasteiger charge is 2.24. The molecule has 3 rings (SSSR count). The van der Waals surface area contributed by atoms with Crippen molar-refractivity contribution in [1.29, 1.82) is 0 Å². The predicted molar refractivity (Wildman–Crippen MR) is 145 cm³/mol. The summed E-state index contributed by atoms with van der Waals surface area (Å²) in [6.07, 6.45) is 1.81. The van der Waals surface area contributed by atoms with Crippen LogP contribution >= 0.6 is 0 Å². The topological polar surface area (TPSA) is 141 Å². The van der Waals surface area contributed by atoms with Crippen molar-refractivity contribution in [3.63, 3.8) is 0 Å². The van der Waals surface area contributed by atoms with Crippen LogP contribution in [0.15, 0.2) is 36.5 Å². The van der Waals surface area contributed by atoms with Gasteiger partial charge in [-0.2, -0.15) is 4.98 Å². The largest absolute Gasteiger partial charge is 0.493 e. The second-order valence-corrected chi connectivity index (χ2v) is 10.1. The SMILES string of the molecule is COC(=O)CCN(c1c(C)cccc1Nc1nc(Nc2cc(OC)c(OC)c(OC)c2)ncc1F)S(C)(=O)=O.